The molecule has 0 N–H and O–H groups in total. The lowest BCUT2D eigenvalue weighted by molar-refractivity contribution is -0.114. The van der Waals surface area contributed by atoms with E-state index < -0.39 is 0 Å². The lowest BCUT2D eigenvalue weighted by Gasteiger charge is -2.07. The van der Waals surface area contributed by atoms with Gasteiger partial charge in [0.2, 0.25) is 0 Å². The smallest absolute Gasteiger partial charge is 0.193 e. The minimum absolute atomic E-state index is 0.0162. The molecule has 0 fully saturated rings. The summed E-state index contributed by atoms with van der Waals surface area (Å²) in [6.07, 6.45) is 0. The highest BCUT2D eigenvalue weighted by molar-refractivity contribution is 6.08. The van der Waals surface area contributed by atoms with Crippen molar-refractivity contribution in [1.82, 2.24) is 0 Å². The summed E-state index contributed by atoms with van der Waals surface area (Å²) in [7, 11) is 0. The van der Waals surface area contributed by atoms with E-state index in [1.165, 1.54) is 19.4 Å². The van der Waals surface area contributed by atoms with Crippen molar-refractivity contribution >= 4 is 11.6 Å². The number of ketones is 2. The normalized spacial score (nSPS) is 9.65. The van der Waals surface area contributed by atoms with Crippen molar-refractivity contribution in [2.75, 3.05) is 0 Å². The molecule has 0 saturated carbocycles. The van der Waals surface area contributed by atoms with Crippen molar-refractivity contribution in [3.8, 4) is 11.5 Å². The van der Waals surface area contributed by atoms with Gasteiger partial charge < -0.3 is 9.53 Å². The number of rotatable bonds is 4. The maximum absolute atomic E-state index is 12.3. The average Bonchev–Trinajstić information content (AvgIpc) is 2.64. The summed E-state index contributed by atoms with van der Waals surface area (Å²) in [4.78, 5) is 21.8. The summed E-state index contributed by atoms with van der Waals surface area (Å²) >= 11 is 0. The van der Waals surface area contributed by atoms with Gasteiger partial charge in [0, 0.05) is 11.1 Å². The monoisotopic (exact) mass is 346 g/mol. The Morgan fingerprint density at radius 3 is 1.58 bits per heavy atom. The first kappa shape index (κ1) is 19.1. The lowest BCUT2D eigenvalue weighted by atomic mass is 10.0. The van der Waals surface area contributed by atoms with Crippen LogP contribution >= 0.6 is 0 Å². The fourth-order valence-electron chi connectivity index (χ4n) is 2.17. The fourth-order valence-corrected chi connectivity index (χ4v) is 2.17. The molecule has 132 valence electrons. The Bertz CT molecular complexity index is 844. The Balaban J connectivity index is 0.000000552. The van der Waals surface area contributed by atoms with Crippen LogP contribution in [0.4, 0.5) is 0 Å². The van der Waals surface area contributed by atoms with Crippen LogP contribution in [-0.4, -0.2) is 11.6 Å². The molecule has 0 spiro atoms. The first-order valence-electron chi connectivity index (χ1n) is 8.37. The number of benzene rings is 3. The number of hydrogen-bond acceptors (Lipinski definition) is 3. The van der Waals surface area contributed by atoms with Gasteiger partial charge in [-0.1, -0.05) is 48.0 Å². The molecule has 3 heteroatoms. The van der Waals surface area contributed by atoms with Gasteiger partial charge in [0.25, 0.3) is 0 Å². The van der Waals surface area contributed by atoms with E-state index in [1.54, 1.807) is 12.1 Å². The van der Waals surface area contributed by atoms with Gasteiger partial charge in [-0.05, 0) is 57.2 Å². The molecular weight excluding hydrogens is 324 g/mol. The maximum atomic E-state index is 12.3. The molecule has 0 radical (unpaired) electrons. The average molecular weight is 346 g/mol. The molecule has 0 aliphatic rings. The molecular formula is C23H22O3. The van der Waals surface area contributed by atoms with Crippen LogP contribution in [0.15, 0.2) is 78.9 Å². The first-order chi connectivity index (χ1) is 12.5. The summed E-state index contributed by atoms with van der Waals surface area (Å²) in [5.74, 6) is 1.68. The summed E-state index contributed by atoms with van der Waals surface area (Å²) < 4.78 is 5.76. The highest BCUT2D eigenvalue weighted by Gasteiger charge is 2.08. The SMILES string of the molecule is CC(C)=O.Cc1ccc(Oc2ccc(C(=O)c3ccccc3)cc2)cc1. The molecule has 0 aliphatic heterocycles. The number of ether oxygens (including phenoxy) is 1. The van der Waals surface area contributed by atoms with Gasteiger partial charge in [-0.15, -0.1) is 0 Å². The number of hydrogen-bond donors (Lipinski definition) is 0. The van der Waals surface area contributed by atoms with Crippen LogP contribution in [0.1, 0.15) is 35.3 Å². The summed E-state index contributed by atoms with van der Waals surface area (Å²) in [6, 6.07) is 24.3. The number of carbonyl (C=O) groups is 2. The van der Waals surface area contributed by atoms with E-state index in [4.69, 9.17) is 4.74 Å². The Labute approximate surface area is 154 Å². The van der Waals surface area contributed by atoms with E-state index in [0.29, 0.717) is 16.9 Å². The second-order valence-corrected chi connectivity index (χ2v) is 6.04. The molecule has 0 heterocycles. The van der Waals surface area contributed by atoms with Crippen LogP contribution in [0.2, 0.25) is 0 Å². The van der Waals surface area contributed by atoms with Gasteiger partial charge in [0.05, 0.1) is 0 Å². The largest absolute Gasteiger partial charge is 0.457 e. The van der Waals surface area contributed by atoms with Crippen molar-refractivity contribution in [2.45, 2.75) is 20.8 Å². The van der Waals surface area contributed by atoms with Crippen LogP contribution in [0, 0.1) is 6.92 Å². The van der Waals surface area contributed by atoms with Crippen molar-refractivity contribution in [2.24, 2.45) is 0 Å². The maximum Gasteiger partial charge on any atom is 0.193 e. The Kier molecular flexibility index (Phi) is 6.86. The standard InChI is InChI=1S/C20H16O2.C3H6O/c1-15-7-11-18(12-8-15)22-19-13-9-17(10-14-19)20(21)16-5-3-2-4-6-16;1-3(2)4/h2-14H,1H3;1-2H3. The minimum atomic E-state index is 0.0162. The van der Waals surface area contributed by atoms with Crippen molar-refractivity contribution in [3.63, 3.8) is 0 Å². The summed E-state index contributed by atoms with van der Waals surface area (Å²) in [5.41, 5.74) is 2.54. The third-order valence-corrected chi connectivity index (χ3v) is 3.41. The van der Waals surface area contributed by atoms with E-state index in [0.717, 1.165) is 5.75 Å². The predicted molar refractivity (Wildman–Crippen MR) is 104 cm³/mol. The first-order valence-corrected chi connectivity index (χ1v) is 8.37. The van der Waals surface area contributed by atoms with Gasteiger partial charge in [-0.25, -0.2) is 0 Å². The zero-order valence-corrected chi connectivity index (χ0v) is 15.2. The predicted octanol–water partition coefficient (Wildman–Crippen LogP) is 5.61. The molecule has 3 nitrogen and oxygen atoms in total. The molecule has 3 rings (SSSR count). The van der Waals surface area contributed by atoms with Gasteiger partial charge in [-0.3, -0.25) is 4.79 Å². The second kappa shape index (κ2) is 9.33. The van der Waals surface area contributed by atoms with Crippen LogP contribution in [0.5, 0.6) is 11.5 Å². The van der Waals surface area contributed by atoms with Gasteiger partial charge in [0.1, 0.15) is 17.3 Å². The number of carbonyl (C=O) groups excluding carboxylic acids is 2. The van der Waals surface area contributed by atoms with Crippen molar-refractivity contribution < 1.29 is 14.3 Å². The quantitative estimate of drug-likeness (QED) is 0.576. The van der Waals surface area contributed by atoms with Crippen LogP contribution in [0.25, 0.3) is 0 Å². The zero-order valence-electron chi connectivity index (χ0n) is 15.2. The number of aryl methyl sites for hydroxylation is 1. The molecule has 26 heavy (non-hydrogen) atoms. The summed E-state index contributed by atoms with van der Waals surface area (Å²) in [6.45, 7) is 5.09. The van der Waals surface area contributed by atoms with Gasteiger partial charge in [0.15, 0.2) is 5.78 Å². The van der Waals surface area contributed by atoms with Crippen LogP contribution in [0.3, 0.4) is 0 Å². The van der Waals surface area contributed by atoms with E-state index in [-0.39, 0.29) is 11.6 Å². The molecule has 0 aliphatic carbocycles. The van der Waals surface area contributed by atoms with E-state index >= 15 is 0 Å². The van der Waals surface area contributed by atoms with Crippen molar-refractivity contribution in [3.05, 3.63) is 95.6 Å². The molecule has 0 atom stereocenters. The Hall–Kier alpha value is -3.20. The van der Waals surface area contributed by atoms with E-state index in [9.17, 15) is 9.59 Å². The van der Waals surface area contributed by atoms with Gasteiger partial charge in [-0.2, -0.15) is 0 Å². The molecule has 3 aromatic rings. The fraction of sp³-hybridized carbons (Fsp3) is 0.130. The molecule has 0 saturated heterocycles. The lowest BCUT2D eigenvalue weighted by Crippen LogP contribution is -2.00. The minimum Gasteiger partial charge on any atom is -0.457 e. The molecule has 0 bridgehead atoms. The van der Waals surface area contributed by atoms with E-state index in [1.807, 2.05) is 73.7 Å². The third kappa shape index (κ3) is 6.02. The Morgan fingerprint density at radius 2 is 1.08 bits per heavy atom. The summed E-state index contributed by atoms with van der Waals surface area (Å²) in [5, 5.41) is 0. The molecule has 0 unspecified atom stereocenters. The van der Waals surface area contributed by atoms with Crippen LogP contribution < -0.4 is 4.74 Å². The molecule has 0 amide bonds. The molecule has 3 aromatic carbocycles. The zero-order chi connectivity index (χ0) is 18.9. The van der Waals surface area contributed by atoms with Crippen LogP contribution in [-0.2, 0) is 4.79 Å². The topological polar surface area (TPSA) is 43.4 Å². The number of Topliss-reactive ketones (excluding diaryl/α,β-unsaturated/α-hetero) is 1. The van der Waals surface area contributed by atoms with E-state index in [2.05, 4.69) is 0 Å². The Morgan fingerprint density at radius 1 is 0.654 bits per heavy atom. The second-order valence-electron chi connectivity index (χ2n) is 6.04. The van der Waals surface area contributed by atoms with Crippen molar-refractivity contribution in [1.29, 1.82) is 0 Å². The molecule has 0 aromatic heterocycles. The highest BCUT2D eigenvalue weighted by atomic mass is 16.5. The highest BCUT2D eigenvalue weighted by Crippen LogP contribution is 2.22. The van der Waals surface area contributed by atoms with Gasteiger partial charge >= 0.3 is 0 Å². The third-order valence-electron chi connectivity index (χ3n) is 3.41.